The normalized spacial score (nSPS) is 17.4. The van der Waals surface area contributed by atoms with Crippen molar-refractivity contribution in [2.24, 2.45) is 11.6 Å². The highest BCUT2D eigenvalue weighted by atomic mass is 16.3. The molecule has 1 aliphatic rings. The highest BCUT2D eigenvalue weighted by Crippen LogP contribution is 2.33. The minimum atomic E-state index is -0.677. The number of nitrogens with two attached hydrogens (primary N) is 2. The number of nitriles is 1. The molecule has 1 atom stereocenters. The molecule has 3 rings (SSSR count). The number of furan rings is 1. The van der Waals surface area contributed by atoms with Gasteiger partial charge in [0.05, 0.1) is 29.8 Å². The summed E-state index contributed by atoms with van der Waals surface area (Å²) in [6, 6.07) is 13.4. The molecular formula is C15H15N5O. The Morgan fingerprint density at radius 2 is 2.10 bits per heavy atom. The Bertz CT molecular complexity index is 714. The molecule has 6 nitrogen and oxygen atoms in total. The molecule has 0 saturated carbocycles. The van der Waals surface area contributed by atoms with Crippen molar-refractivity contribution in [2.45, 2.75) is 12.7 Å². The minimum Gasteiger partial charge on any atom is -0.467 e. The third-order valence-corrected chi connectivity index (χ3v) is 3.46. The van der Waals surface area contributed by atoms with Gasteiger partial charge in [-0.1, -0.05) is 18.2 Å². The van der Waals surface area contributed by atoms with E-state index in [1.54, 1.807) is 6.26 Å². The molecule has 1 aromatic heterocycles. The summed E-state index contributed by atoms with van der Waals surface area (Å²) in [6.07, 6.45) is 0.933. The predicted molar refractivity (Wildman–Crippen MR) is 79.2 cm³/mol. The maximum Gasteiger partial charge on any atom is 0.130 e. The van der Waals surface area contributed by atoms with Gasteiger partial charge in [0.25, 0.3) is 0 Å². The fourth-order valence-corrected chi connectivity index (χ4v) is 2.39. The first-order valence-corrected chi connectivity index (χ1v) is 6.52. The summed E-state index contributed by atoms with van der Waals surface area (Å²) in [4.78, 5) is 0. The second-order valence-electron chi connectivity index (χ2n) is 4.70. The maximum absolute atomic E-state index is 9.40. The van der Waals surface area contributed by atoms with Gasteiger partial charge in [0.2, 0.25) is 0 Å². The van der Waals surface area contributed by atoms with Crippen LogP contribution < -0.4 is 21.9 Å². The number of para-hydroxylation sites is 1. The Labute approximate surface area is 122 Å². The van der Waals surface area contributed by atoms with Gasteiger partial charge < -0.3 is 15.5 Å². The van der Waals surface area contributed by atoms with Crippen molar-refractivity contribution in [1.29, 1.82) is 5.26 Å². The molecule has 0 bridgehead atoms. The summed E-state index contributed by atoms with van der Waals surface area (Å²) in [5.74, 6) is 6.76. The van der Waals surface area contributed by atoms with Crippen LogP contribution in [0.5, 0.6) is 0 Å². The Kier molecular flexibility index (Phi) is 3.36. The molecule has 0 saturated heterocycles. The lowest BCUT2D eigenvalue weighted by molar-refractivity contribution is 0.501. The lowest BCUT2D eigenvalue weighted by Gasteiger charge is -2.34. The Balaban J connectivity index is 2.01. The molecule has 6 heteroatoms. The third kappa shape index (κ3) is 2.25. The van der Waals surface area contributed by atoms with E-state index in [0.29, 0.717) is 17.8 Å². The molecule has 1 aliphatic heterocycles. The fourth-order valence-electron chi connectivity index (χ4n) is 2.39. The standard InChI is InChI=1S/C15H15N5O/c16-8-12-14(19-9-10-4-3-7-21-10)11-5-1-2-6-13(11)20(18)15(12)17/h1-7,15,19H,9,17-18H2. The van der Waals surface area contributed by atoms with Gasteiger partial charge in [-0.25, -0.2) is 5.84 Å². The largest absolute Gasteiger partial charge is 0.467 e. The van der Waals surface area contributed by atoms with Crippen molar-refractivity contribution in [3.05, 3.63) is 59.6 Å². The monoisotopic (exact) mass is 281 g/mol. The van der Waals surface area contributed by atoms with Crippen molar-refractivity contribution in [3.8, 4) is 6.07 Å². The number of rotatable bonds is 3. The van der Waals surface area contributed by atoms with Crippen LogP contribution in [-0.2, 0) is 6.54 Å². The van der Waals surface area contributed by atoms with Crippen LogP contribution in [0, 0.1) is 11.3 Å². The van der Waals surface area contributed by atoms with Gasteiger partial charge in [0.15, 0.2) is 0 Å². The fraction of sp³-hybridized carbons (Fsp3) is 0.133. The van der Waals surface area contributed by atoms with Crippen molar-refractivity contribution in [2.75, 3.05) is 5.01 Å². The number of fused-ring (bicyclic) bond motifs is 1. The van der Waals surface area contributed by atoms with Crippen molar-refractivity contribution in [3.63, 3.8) is 0 Å². The van der Waals surface area contributed by atoms with E-state index in [-0.39, 0.29) is 0 Å². The zero-order chi connectivity index (χ0) is 14.8. The number of nitrogens with zero attached hydrogens (tertiary/aromatic N) is 2. The van der Waals surface area contributed by atoms with Gasteiger partial charge in [-0.3, -0.25) is 5.01 Å². The molecule has 1 aromatic carbocycles. The van der Waals surface area contributed by atoms with Crippen molar-refractivity contribution >= 4 is 11.4 Å². The van der Waals surface area contributed by atoms with Crippen LogP contribution in [0.4, 0.5) is 5.69 Å². The van der Waals surface area contributed by atoms with E-state index in [1.165, 1.54) is 5.01 Å². The van der Waals surface area contributed by atoms with E-state index in [9.17, 15) is 5.26 Å². The summed E-state index contributed by atoms with van der Waals surface area (Å²) in [5.41, 5.74) is 8.78. The Morgan fingerprint density at radius 1 is 1.29 bits per heavy atom. The summed E-state index contributed by atoms with van der Waals surface area (Å²) in [5, 5.41) is 14.0. The molecule has 1 unspecified atom stereocenters. The van der Waals surface area contributed by atoms with Crippen LogP contribution in [0.3, 0.4) is 0 Å². The molecule has 2 aromatic rings. The molecular weight excluding hydrogens is 266 g/mol. The number of hydrazine groups is 1. The molecule has 2 heterocycles. The van der Waals surface area contributed by atoms with Gasteiger partial charge in [-0.05, 0) is 18.2 Å². The number of benzene rings is 1. The predicted octanol–water partition coefficient (Wildman–Crippen LogP) is 1.28. The number of hydrogen-bond acceptors (Lipinski definition) is 6. The molecule has 0 fully saturated rings. The maximum atomic E-state index is 9.40. The van der Waals surface area contributed by atoms with E-state index >= 15 is 0 Å². The van der Waals surface area contributed by atoms with Crippen molar-refractivity contribution in [1.82, 2.24) is 5.32 Å². The second kappa shape index (κ2) is 5.32. The quantitative estimate of drug-likeness (QED) is 0.732. The zero-order valence-corrected chi connectivity index (χ0v) is 11.3. The Morgan fingerprint density at radius 3 is 2.81 bits per heavy atom. The molecule has 106 valence electrons. The SMILES string of the molecule is N#CC1=C(NCc2ccco2)c2ccccc2N(N)C1N. The van der Waals surface area contributed by atoms with Gasteiger partial charge in [0, 0.05) is 5.56 Å². The molecule has 0 amide bonds. The van der Waals surface area contributed by atoms with Crippen LogP contribution in [0.15, 0.2) is 52.7 Å². The van der Waals surface area contributed by atoms with E-state index in [0.717, 1.165) is 17.0 Å². The van der Waals surface area contributed by atoms with Crippen LogP contribution in [0.25, 0.3) is 5.70 Å². The van der Waals surface area contributed by atoms with Gasteiger partial charge in [-0.2, -0.15) is 5.26 Å². The van der Waals surface area contributed by atoms with E-state index in [1.807, 2.05) is 36.4 Å². The average molecular weight is 281 g/mol. The average Bonchev–Trinajstić information content (AvgIpc) is 3.03. The van der Waals surface area contributed by atoms with Crippen LogP contribution in [0.2, 0.25) is 0 Å². The smallest absolute Gasteiger partial charge is 0.130 e. The molecule has 0 radical (unpaired) electrons. The molecule has 21 heavy (non-hydrogen) atoms. The molecule has 5 N–H and O–H groups in total. The lowest BCUT2D eigenvalue weighted by atomic mass is 9.98. The summed E-state index contributed by atoms with van der Waals surface area (Å²) in [7, 11) is 0. The number of hydrogen-bond donors (Lipinski definition) is 3. The second-order valence-corrected chi connectivity index (χ2v) is 4.70. The topological polar surface area (TPSA) is 104 Å². The molecule has 0 aliphatic carbocycles. The van der Waals surface area contributed by atoms with Gasteiger partial charge in [-0.15, -0.1) is 0 Å². The van der Waals surface area contributed by atoms with Crippen molar-refractivity contribution < 1.29 is 4.42 Å². The number of nitrogens with one attached hydrogen (secondary N) is 1. The van der Waals surface area contributed by atoms with Crippen LogP contribution in [-0.4, -0.2) is 6.17 Å². The summed E-state index contributed by atoms with van der Waals surface area (Å²) >= 11 is 0. The van der Waals surface area contributed by atoms with E-state index in [4.69, 9.17) is 16.0 Å². The highest BCUT2D eigenvalue weighted by molar-refractivity contribution is 5.84. The van der Waals surface area contributed by atoms with Gasteiger partial charge >= 0.3 is 0 Å². The first kappa shape index (κ1) is 13.2. The van der Waals surface area contributed by atoms with Crippen LogP contribution >= 0.6 is 0 Å². The van der Waals surface area contributed by atoms with E-state index in [2.05, 4.69) is 11.4 Å². The zero-order valence-electron chi connectivity index (χ0n) is 11.3. The van der Waals surface area contributed by atoms with Gasteiger partial charge in [0.1, 0.15) is 18.0 Å². The lowest BCUT2D eigenvalue weighted by Crippen LogP contribution is -2.51. The Hall–Kier alpha value is -2.75. The van der Waals surface area contributed by atoms with E-state index < -0.39 is 6.17 Å². The highest BCUT2D eigenvalue weighted by Gasteiger charge is 2.29. The summed E-state index contributed by atoms with van der Waals surface area (Å²) in [6.45, 7) is 0.471. The first-order chi connectivity index (χ1) is 10.2. The van der Waals surface area contributed by atoms with Crippen LogP contribution in [0.1, 0.15) is 11.3 Å². The molecule has 0 spiro atoms. The minimum absolute atomic E-state index is 0.405. The first-order valence-electron chi connectivity index (χ1n) is 6.52. The third-order valence-electron chi connectivity index (χ3n) is 3.46. The summed E-state index contributed by atoms with van der Waals surface area (Å²) < 4.78 is 5.30. The number of anilines is 1.